The standard InChI is InChI=1S/C12H13BrN2O5/c13-10(12(17)18)5-2-6-14-11(16)8-3-1-4-9(7-8)15(19)20/h1,3-4,7,10H,2,5-6H2,(H,14,16)(H,17,18). The summed E-state index contributed by atoms with van der Waals surface area (Å²) < 4.78 is 0. The smallest absolute Gasteiger partial charge is 0.317 e. The molecule has 0 heterocycles. The Morgan fingerprint density at radius 1 is 1.45 bits per heavy atom. The van der Waals surface area contributed by atoms with Crippen molar-refractivity contribution in [3.8, 4) is 0 Å². The number of carbonyl (C=O) groups is 2. The van der Waals surface area contributed by atoms with Gasteiger partial charge in [0, 0.05) is 24.2 Å². The highest BCUT2D eigenvalue weighted by Crippen LogP contribution is 2.13. The van der Waals surface area contributed by atoms with Crippen LogP contribution in [0.1, 0.15) is 23.2 Å². The van der Waals surface area contributed by atoms with Crippen molar-refractivity contribution in [2.75, 3.05) is 6.54 Å². The van der Waals surface area contributed by atoms with Crippen molar-refractivity contribution in [3.05, 3.63) is 39.9 Å². The molecule has 0 aliphatic carbocycles. The Morgan fingerprint density at radius 2 is 2.15 bits per heavy atom. The molecule has 1 rings (SSSR count). The van der Waals surface area contributed by atoms with E-state index in [0.717, 1.165) is 0 Å². The van der Waals surface area contributed by atoms with Crippen LogP contribution in [0.4, 0.5) is 5.69 Å². The van der Waals surface area contributed by atoms with E-state index >= 15 is 0 Å². The summed E-state index contributed by atoms with van der Waals surface area (Å²) in [6.45, 7) is 0.302. The molecule has 20 heavy (non-hydrogen) atoms. The summed E-state index contributed by atoms with van der Waals surface area (Å²) >= 11 is 2.99. The SMILES string of the molecule is O=C(NCCCC(Br)C(=O)O)c1cccc([N+](=O)[O-])c1. The third-order valence-electron chi connectivity index (χ3n) is 2.51. The van der Waals surface area contributed by atoms with Crippen molar-refractivity contribution >= 4 is 33.5 Å². The van der Waals surface area contributed by atoms with Crippen molar-refractivity contribution < 1.29 is 19.6 Å². The van der Waals surface area contributed by atoms with Crippen LogP contribution < -0.4 is 5.32 Å². The van der Waals surface area contributed by atoms with Gasteiger partial charge in [0.25, 0.3) is 11.6 Å². The summed E-state index contributed by atoms with van der Waals surface area (Å²) in [5, 5.41) is 21.8. The molecule has 108 valence electrons. The number of amides is 1. The Labute approximate surface area is 123 Å². The van der Waals surface area contributed by atoms with Crippen LogP contribution in [0.2, 0.25) is 0 Å². The molecule has 0 bridgehead atoms. The number of carboxylic acid groups (broad SMARTS) is 1. The van der Waals surface area contributed by atoms with Crippen LogP contribution in [0.15, 0.2) is 24.3 Å². The van der Waals surface area contributed by atoms with E-state index in [-0.39, 0.29) is 11.3 Å². The second kappa shape index (κ2) is 7.59. The normalized spacial score (nSPS) is 11.7. The minimum absolute atomic E-state index is 0.149. The van der Waals surface area contributed by atoms with Crippen molar-refractivity contribution in [1.29, 1.82) is 0 Å². The van der Waals surface area contributed by atoms with E-state index in [1.54, 1.807) is 0 Å². The molecule has 7 nitrogen and oxygen atoms in total. The van der Waals surface area contributed by atoms with Gasteiger partial charge < -0.3 is 10.4 Å². The molecule has 0 aliphatic rings. The largest absolute Gasteiger partial charge is 0.480 e. The molecule has 1 amide bonds. The number of nitrogens with zero attached hydrogens (tertiary/aromatic N) is 1. The zero-order valence-electron chi connectivity index (χ0n) is 10.4. The number of benzene rings is 1. The number of rotatable bonds is 7. The Morgan fingerprint density at radius 3 is 2.75 bits per heavy atom. The summed E-state index contributed by atoms with van der Waals surface area (Å²) in [4.78, 5) is 31.7. The Kier molecular flexibility index (Phi) is 6.10. The Bertz CT molecular complexity index is 520. The van der Waals surface area contributed by atoms with E-state index in [1.165, 1.54) is 24.3 Å². The molecule has 1 aromatic carbocycles. The van der Waals surface area contributed by atoms with Crippen LogP contribution in [0.3, 0.4) is 0 Å². The van der Waals surface area contributed by atoms with Crippen molar-refractivity contribution in [2.24, 2.45) is 0 Å². The number of carbonyl (C=O) groups excluding carboxylic acids is 1. The van der Waals surface area contributed by atoms with Crippen LogP contribution in [-0.4, -0.2) is 33.3 Å². The fourth-order valence-electron chi connectivity index (χ4n) is 1.47. The van der Waals surface area contributed by atoms with Gasteiger partial charge in [0.1, 0.15) is 4.83 Å². The predicted octanol–water partition coefficient (Wildman–Crippen LogP) is 1.95. The van der Waals surface area contributed by atoms with Gasteiger partial charge in [-0.1, -0.05) is 22.0 Å². The van der Waals surface area contributed by atoms with E-state index in [2.05, 4.69) is 21.2 Å². The highest BCUT2D eigenvalue weighted by Gasteiger charge is 2.13. The van der Waals surface area contributed by atoms with Gasteiger partial charge in [-0.3, -0.25) is 19.7 Å². The van der Waals surface area contributed by atoms with Crippen LogP contribution >= 0.6 is 15.9 Å². The lowest BCUT2D eigenvalue weighted by molar-refractivity contribution is -0.384. The van der Waals surface area contributed by atoms with Gasteiger partial charge in [0.15, 0.2) is 0 Å². The number of nitro groups is 1. The number of nitrogens with one attached hydrogen (secondary N) is 1. The molecule has 0 saturated heterocycles. The summed E-state index contributed by atoms with van der Waals surface area (Å²) in [6, 6.07) is 5.41. The van der Waals surface area contributed by atoms with Gasteiger partial charge >= 0.3 is 5.97 Å². The zero-order chi connectivity index (χ0) is 15.1. The first-order valence-electron chi connectivity index (χ1n) is 5.81. The fraction of sp³-hybridized carbons (Fsp3) is 0.333. The Hall–Kier alpha value is -1.96. The van der Waals surface area contributed by atoms with E-state index in [0.29, 0.717) is 19.4 Å². The fourth-order valence-corrected chi connectivity index (χ4v) is 1.79. The molecule has 0 spiro atoms. The molecular weight excluding hydrogens is 332 g/mol. The molecule has 0 aromatic heterocycles. The number of alkyl halides is 1. The van der Waals surface area contributed by atoms with Crippen LogP contribution in [0, 0.1) is 10.1 Å². The number of hydrogen-bond acceptors (Lipinski definition) is 4. The number of aliphatic carboxylic acids is 1. The second-order valence-electron chi connectivity index (χ2n) is 4.01. The van der Waals surface area contributed by atoms with Crippen molar-refractivity contribution in [3.63, 3.8) is 0 Å². The van der Waals surface area contributed by atoms with Crippen molar-refractivity contribution in [1.82, 2.24) is 5.32 Å². The highest BCUT2D eigenvalue weighted by atomic mass is 79.9. The molecule has 0 fully saturated rings. The molecule has 8 heteroatoms. The van der Waals surface area contributed by atoms with Crippen LogP contribution in [0.25, 0.3) is 0 Å². The average Bonchev–Trinajstić information content (AvgIpc) is 2.43. The molecular formula is C12H13BrN2O5. The maximum Gasteiger partial charge on any atom is 0.317 e. The second-order valence-corrected chi connectivity index (χ2v) is 5.12. The molecule has 1 atom stereocenters. The van der Waals surface area contributed by atoms with Gasteiger partial charge in [0.05, 0.1) is 4.92 Å². The summed E-state index contributed by atoms with van der Waals surface area (Å²) in [7, 11) is 0. The zero-order valence-corrected chi connectivity index (χ0v) is 12.0. The minimum Gasteiger partial charge on any atom is -0.480 e. The molecule has 2 N–H and O–H groups in total. The Balaban J connectivity index is 2.45. The third kappa shape index (κ3) is 4.96. The first-order chi connectivity index (χ1) is 9.41. The molecule has 0 saturated carbocycles. The quantitative estimate of drug-likeness (QED) is 0.340. The molecule has 0 aliphatic heterocycles. The van der Waals surface area contributed by atoms with Gasteiger partial charge in [0.2, 0.25) is 0 Å². The molecule has 1 unspecified atom stereocenters. The molecule has 1 aromatic rings. The van der Waals surface area contributed by atoms with E-state index < -0.39 is 21.6 Å². The monoisotopic (exact) mass is 344 g/mol. The number of halogens is 1. The molecule has 0 radical (unpaired) electrons. The number of hydrogen-bond donors (Lipinski definition) is 2. The van der Waals surface area contributed by atoms with Gasteiger partial charge in [-0.2, -0.15) is 0 Å². The van der Waals surface area contributed by atoms with Crippen LogP contribution in [-0.2, 0) is 4.79 Å². The van der Waals surface area contributed by atoms with E-state index in [9.17, 15) is 19.7 Å². The van der Waals surface area contributed by atoms with Gasteiger partial charge in [-0.15, -0.1) is 0 Å². The topological polar surface area (TPSA) is 110 Å². The van der Waals surface area contributed by atoms with Crippen molar-refractivity contribution in [2.45, 2.75) is 17.7 Å². The summed E-state index contributed by atoms with van der Waals surface area (Å²) in [6.07, 6.45) is 0.868. The lowest BCUT2D eigenvalue weighted by atomic mass is 10.2. The first-order valence-corrected chi connectivity index (χ1v) is 6.73. The average molecular weight is 345 g/mol. The lowest BCUT2D eigenvalue weighted by Crippen LogP contribution is -2.25. The lowest BCUT2D eigenvalue weighted by Gasteiger charge is -2.06. The highest BCUT2D eigenvalue weighted by molar-refractivity contribution is 9.10. The number of nitro benzene ring substituents is 1. The van der Waals surface area contributed by atoms with E-state index in [1.807, 2.05) is 0 Å². The maximum atomic E-state index is 11.7. The first kappa shape index (κ1) is 16.1. The number of carboxylic acids is 1. The van der Waals surface area contributed by atoms with E-state index in [4.69, 9.17) is 5.11 Å². The minimum atomic E-state index is -0.949. The van der Waals surface area contributed by atoms with Crippen LogP contribution in [0.5, 0.6) is 0 Å². The summed E-state index contributed by atoms with van der Waals surface area (Å²) in [5.74, 6) is -1.37. The third-order valence-corrected chi connectivity index (χ3v) is 3.36. The summed E-state index contributed by atoms with van der Waals surface area (Å²) in [5.41, 5.74) is 0.0527. The number of non-ortho nitro benzene ring substituents is 1. The van der Waals surface area contributed by atoms with Gasteiger partial charge in [-0.05, 0) is 18.9 Å². The predicted molar refractivity (Wildman–Crippen MR) is 75.0 cm³/mol. The van der Waals surface area contributed by atoms with Gasteiger partial charge in [-0.25, -0.2) is 0 Å². The maximum absolute atomic E-state index is 11.7.